The van der Waals surface area contributed by atoms with Gasteiger partial charge in [-0.05, 0) is 25.1 Å². The van der Waals surface area contributed by atoms with Crippen LogP contribution in [0.2, 0.25) is 0 Å². The van der Waals surface area contributed by atoms with E-state index in [-0.39, 0.29) is 17.9 Å². The summed E-state index contributed by atoms with van der Waals surface area (Å²) in [6.45, 7) is 4.45. The zero-order chi connectivity index (χ0) is 19.6. The number of carbonyl (C=O) groups is 2. The number of carbonyl (C=O) groups excluding carboxylic acids is 1. The molecule has 1 atom stereocenters. The normalized spacial score (nSPS) is 22.1. The predicted octanol–water partition coefficient (Wildman–Crippen LogP) is 1.72. The molecule has 0 bridgehead atoms. The van der Waals surface area contributed by atoms with Crippen molar-refractivity contribution in [2.24, 2.45) is 0 Å². The summed E-state index contributed by atoms with van der Waals surface area (Å²) >= 11 is 0. The summed E-state index contributed by atoms with van der Waals surface area (Å²) in [7, 11) is 0. The van der Waals surface area contributed by atoms with Crippen LogP contribution in [0.4, 0.5) is 5.69 Å². The van der Waals surface area contributed by atoms with Gasteiger partial charge in [-0.15, -0.1) is 0 Å². The Bertz CT molecular complexity index is 727. The Morgan fingerprint density at radius 1 is 1.30 bits per heavy atom. The fourth-order valence-electron chi connectivity index (χ4n) is 3.86. The molecule has 1 spiro atoms. The standard InChI is InChI=1S/C18H23N3O6/c1-2-9-19-10-7-18(8-11-19)20(15(12-27-18)17(23)24)16(22)13-3-5-14(6-4-13)21(25)26/h3-6,15H,2,7-12H2,1H3,(H,23,24). The lowest BCUT2D eigenvalue weighted by molar-refractivity contribution is -0.384. The number of ether oxygens (including phenoxy) is 1. The topological polar surface area (TPSA) is 113 Å². The molecule has 2 fully saturated rings. The molecule has 2 saturated heterocycles. The van der Waals surface area contributed by atoms with Crippen LogP contribution in [-0.4, -0.2) is 69.7 Å². The lowest BCUT2D eigenvalue weighted by Crippen LogP contribution is -2.58. The fourth-order valence-corrected chi connectivity index (χ4v) is 3.86. The first kappa shape index (κ1) is 19.2. The van der Waals surface area contributed by atoms with Crippen molar-refractivity contribution < 1.29 is 24.4 Å². The average molecular weight is 377 g/mol. The number of piperidine rings is 1. The maximum atomic E-state index is 13.1. The van der Waals surface area contributed by atoms with Crippen LogP contribution in [0.3, 0.4) is 0 Å². The van der Waals surface area contributed by atoms with Crippen LogP contribution in [0.25, 0.3) is 0 Å². The van der Waals surface area contributed by atoms with Crippen LogP contribution in [0.5, 0.6) is 0 Å². The largest absolute Gasteiger partial charge is 0.480 e. The molecule has 1 N–H and O–H groups in total. The van der Waals surface area contributed by atoms with E-state index in [2.05, 4.69) is 11.8 Å². The number of non-ortho nitro benzene ring substituents is 1. The van der Waals surface area contributed by atoms with Crippen molar-refractivity contribution in [3.05, 3.63) is 39.9 Å². The molecule has 146 valence electrons. The lowest BCUT2D eigenvalue weighted by atomic mass is 9.96. The number of aliphatic carboxylic acids is 1. The van der Waals surface area contributed by atoms with Crippen molar-refractivity contribution in [3.8, 4) is 0 Å². The van der Waals surface area contributed by atoms with E-state index in [1.54, 1.807) is 0 Å². The third kappa shape index (κ3) is 3.65. The van der Waals surface area contributed by atoms with Gasteiger partial charge in [0.15, 0.2) is 6.04 Å². The minimum Gasteiger partial charge on any atom is -0.480 e. The summed E-state index contributed by atoms with van der Waals surface area (Å²) in [5.74, 6) is -1.59. The van der Waals surface area contributed by atoms with Gasteiger partial charge in [0.2, 0.25) is 0 Å². The van der Waals surface area contributed by atoms with E-state index >= 15 is 0 Å². The number of carboxylic acids is 1. The summed E-state index contributed by atoms with van der Waals surface area (Å²) in [6.07, 6.45) is 2.10. The first-order valence-corrected chi connectivity index (χ1v) is 9.05. The van der Waals surface area contributed by atoms with Gasteiger partial charge in [-0.1, -0.05) is 6.92 Å². The van der Waals surface area contributed by atoms with Crippen molar-refractivity contribution in [2.45, 2.75) is 38.0 Å². The van der Waals surface area contributed by atoms with Crippen LogP contribution in [0.15, 0.2) is 24.3 Å². The lowest BCUT2D eigenvalue weighted by Gasteiger charge is -2.44. The molecule has 0 radical (unpaired) electrons. The molecule has 1 aromatic carbocycles. The number of benzene rings is 1. The van der Waals surface area contributed by atoms with E-state index in [4.69, 9.17) is 4.74 Å². The molecule has 0 aliphatic carbocycles. The Kier molecular flexibility index (Phi) is 5.43. The molecule has 2 heterocycles. The molecule has 1 amide bonds. The second-order valence-corrected chi connectivity index (χ2v) is 6.93. The van der Waals surface area contributed by atoms with Crippen molar-refractivity contribution in [1.82, 2.24) is 9.80 Å². The quantitative estimate of drug-likeness (QED) is 0.614. The third-order valence-electron chi connectivity index (χ3n) is 5.27. The summed E-state index contributed by atoms with van der Waals surface area (Å²) in [5, 5.41) is 20.4. The van der Waals surface area contributed by atoms with Crippen LogP contribution in [-0.2, 0) is 9.53 Å². The Balaban J connectivity index is 1.86. The van der Waals surface area contributed by atoms with Crippen molar-refractivity contribution >= 4 is 17.6 Å². The highest BCUT2D eigenvalue weighted by atomic mass is 16.6. The molecule has 1 aromatic rings. The zero-order valence-electron chi connectivity index (χ0n) is 15.2. The molecule has 2 aliphatic heterocycles. The van der Waals surface area contributed by atoms with Crippen molar-refractivity contribution in [1.29, 1.82) is 0 Å². The highest BCUT2D eigenvalue weighted by molar-refractivity contribution is 5.97. The maximum Gasteiger partial charge on any atom is 0.328 e. The van der Waals surface area contributed by atoms with E-state index in [1.807, 2.05) is 0 Å². The summed E-state index contributed by atoms with van der Waals surface area (Å²) in [4.78, 5) is 38.7. The maximum absolute atomic E-state index is 13.1. The Morgan fingerprint density at radius 3 is 2.44 bits per heavy atom. The molecule has 9 nitrogen and oxygen atoms in total. The molecule has 3 rings (SSSR count). The second kappa shape index (κ2) is 7.61. The highest BCUT2D eigenvalue weighted by Gasteiger charge is 2.53. The SMILES string of the molecule is CCCN1CCC2(CC1)OCC(C(=O)O)N2C(=O)c1ccc([N+](=O)[O-])cc1. The monoisotopic (exact) mass is 377 g/mol. The zero-order valence-corrected chi connectivity index (χ0v) is 15.2. The van der Waals surface area contributed by atoms with Gasteiger partial charge in [0, 0.05) is 43.6 Å². The molecular formula is C18H23N3O6. The number of nitrogens with zero attached hydrogens (tertiary/aromatic N) is 3. The first-order chi connectivity index (χ1) is 12.9. The summed E-state index contributed by atoms with van der Waals surface area (Å²) in [5.41, 5.74) is -0.846. The Hall–Kier alpha value is -2.52. The van der Waals surface area contributed by atoms with Gasteiger partial charge in [0.1, 0.15) is 5.72 Å². The molecule has 27 heavy (non-hydrogen) atoms. The average Bonchev–Trinajstić information content (AvgIpc) is 3.02. The van der Waals surface area contributed by atoms with Crippen LogP contribution >= 0.6 is 0 Å². The van der Waals surface area contributed by atoms with E-state index in [9.17, 15) is 24.8 Å². The summed E-state index contributed by atoms with van der Waals surface area (Å²) in [6, 6.07) is 4.15. The number of rotatable bonds is 5. The van der Waals surface area contributed by atoms with Gasteiger partial charge in [0.25, 0.3) is 11.6 Å². The minimum absolute atomic E-state index is 0.0537. The van der Waals surface area contributed by atoms with Gasteiger partial charge in [-0.25, -0.2) is 4.79 Å². The van der Waals surface area contributed by atoms with Crippen molar-refractivity contribution in [3.63, 3.8) is 0 Å². The fraction of sp³-hybridized carbons (Fsp3) is 0.556. The van der Waals surface area contributed by atoms with E-state index < -0.39 is 28.6 Å². The Morgan fingerprint density at radius 2 is 1.93 bits per heavy atom. The molecule has 0 aromatic heterocycles. The van der Waals surface area contributed by atoms with Gasteiger partial charge < -0.3 is 14.7 Å². The van der Waals surface area contributed by atoms with Gasteiger partial charge in [-0.3, -0.25) is 19.8 Å². The number of amides is 1. The highest BCUT2D eigenvalue weighted by Crippen LogP contribution is 2.38. The summed E-state index contributed by atoms with van der Waals surface area (Å²) < 4.78 is 5.89. The molecule has 2 aliphatic rings. The number of likely N-dealkylation sites (tertiary alicyclic amines) is 1. The van der Waals surface area contributed by atoms with Crippen molar-refractivity contribution in [2.75, 3.05) is 26.2 Å². The first-order valence-electron chi connectivity index (χ1n) is 9.05. The van der Waals surface area contributed by atoms with Gasteiger partial charge in [0.05, 0.1) is 11.5 Å². The number of carboxylic acid groups (broad SMARTS) is 1. The number of nitro groups is 1. The number of hydrogen-bond acceptors (Lipinski definition) is 6. The molecule has 9 heteroatoms. The Labute approximate surface area is 156 Å². The van der Waals surface area contributed by atoms with Gasteiger partial charge in [-0.2, -0.15) is 0 Å². The van der Waals surface area contributed by atoms with Crippen LogP contribution < -0.4 is 0 Å². The van der Waals surface area contributed by atoms with E-state index in [1.165, 1.54) is 29.2 Å². The van der Waals surface area contributed by atoms with Crippen LogP contribution in [0.1, 0.15) is 36.5 Å². The smallest absolute Gasteiger partial charge is 0.328 e. The number of nitro benzene ring substituents is 1. The number of hydrogen-bond donors (Lipinski definition) is 1. The third-order valence-corrected chi connectivity index (χ3v) is 5.27. The van der Waals surface area contributed by atoms with E-state index in [0.717, 1.165) is 26.1 Å². The van der Waals surface area contributed by atoms with E-state index in [0.29, 0.717) is 12.8 Å². The molecule has 0 saturated carbocycles. The molecule has 1 unspecified atom stereocenters. The van der Waals surface area contributed by atoms with Gasteiger partial charge >= 0.3 is 5.97 Å². The second-order valence-electron chi connectivity index (χ2n) is 6.93. The molecular weight excluding hydrogens is 354 g/mol. The predicted molar refractivity (Wildman–Crippen MR) is 95.3 cm³/mol. The van der Waals surface area contributed by atoms with Crippen LogP contribution in [0, 0.1) is 10.1 Å². The minimum atomic E-state index is -1.11.